The molecule has 0 fully saturated rings. The van der Waals surface area contributed by atoms with Crippen LogP contribution in [-0.2, 0) is 13.2 Å². The molecule has 3 aromatic carbocycles. The highest BCUT2D eigenvalue weighted by atomic mass is 32.2. The van der Waals surface area contributed by atoms with Crippen LogP contribution in [0.15, 0.2) is 83.5 Å². The largest absolute Gasteiger partial charge is 0.504 e. The molecule has 10 heteroatoms. The van der Waals surface area contributed by atoms with E-state index in [4.69, 9.17) is 9.15 Å². The number of rotatable bonds is 11. The molecular formula is C28H24F2N4O3S. The molecule has 5 aromatic rings. The van der Waals surface area contributed by atoms with Crippen LogP contribution >= 0.6 is 12.1 Å². The number of hydrogen-bond acceptors (Lipinski definition) is 8. The van der Waals surface area contributed by atoms with Gasteiger partial charge in [0.1, 0.15) is 36.1 Å². The Morgan fingerprint density at radius 3 is 2.76 bits per heavy atom. The van der Waals surface area contributed by atoms with E-state index >= 15 is 0 Å². The fourth-order valence-electron chi connectivity index (χ4n) is 3.90. The Bertz CT molecular complexity index is 1550. The first-order valence-electron chi connectivity index (χ1n) is 11.8. The van der Waals surface area contributed by atoms with Crippen LogP contribution in [0.4, 0.5) is 19.8 Å². The van der Waals surface area contributed by atoms with Gasteiger partial charge in [-0.25, -0.2) is 14.4 Å². The van der Waals surface area contributed by atoms with Crippen LogP contribution in [0.2, 0.25) is 0 Å². The smallest absolute Gasteiger partial charge is 0.161 e. The van der Waals surface area contributed by atoms with Crippen LogP contribution in [0.1, 0.15) is 11.3 Å². The summed E-state index contributed by atoms with van der Waals surface area (Å²) in [5.74, 6) is 2.26. The highest BCUT2D eigenvalue weighted by Crippen LogP contribution is 2.33. The fourth-order valence-corrected chi connectivity index (χ4v) is 4.12. The Labute approximate surface area is 222 Å². The van der Waals surface area contributed by atoms with E-state index in [0.717, 1.165) is 22.2 Å². The van der Waals surface area contributed by atoms with Crippen molar-refractivity contribution in [1.29, 1.82) is 0 Å². The number of furan rings is 1. The van der Waals surface area contributed by atoms with Crippen LogP contribution < -0.4 is 15.4 Å². The van der Waals surface area contributed by atoms with Crippen molar-refractivity contribution in [2.24, 2.45) is 0 Å². The molecule has 0 saturated carbocycles. The average molecular weight is 535 g/mol. The lowest BCUT2D eigenvalue weighted by molar-refractivity contribution is 0.288. The van der Waals surface area contributed by atoms with E-state index < -0.39 is 0 Å². The lowest BCUT2D eigenvalue weighted by Crippen LogP contribution is -2.15. The van der Waals surface area contributed by atoms with Crippen LogP contribution in [0.3, 0.4) is 0 Å². The predicted octanol–water partition coefficient (Wildman–Crippen LogP) is 6.76. The molecule has 0 unspecified atom stereocenters. The summed E-state index contributed by atoms with van der Waals surface area (Å²) in [7, 11) is 0. The fraction of sp³-hybridized carbons (Fsp3) is 0.143. The van der Waals surface area contributed by atoms with Crippen LogP contribution in [0.25, 0.3) is 22.2 Å². The average Bonchev–Trinajstić information content (AvgIpc) is 3.40. The van der Waals surface area contributed by atoms with Gasteiger partial charge in [-0.3, -0.25) is 0 Å². The zero-order valence-electron chi connectivity index (χ0n) is 20.2. The van der Waals surface area contributed by atoms with E-state index in [9.17, 15) is 13.4 Å². The summed E-state index contributed by atoms with van der Waals surface area (Å²) in [6.45, 7) is 1.18. The summed E-state index contributed by atoms with van der Waals surface area (Å²) in [5, 5.41) is 17.6. The number of nitrogens with zero attached hydrogens (tertiary/aromatic N) is 2. The van der Waals surface area contributed by atoms with E-state index in [1.54, 1.807) is 24.3 Å². The van der Waals surface area contributed by atoms with Gasteiger partial charge >= 0.3 is 0 Å². The lowest BCUT2D eigenvalue weighted by Gasteiger charge is -2.12. The number of halogens is 2. The molecular weight excluding hydrogens is 510 g/mol. The minimum Gasteiger partial charge on any atom is -0.504 e. The Kier molecular flexibility index (Phi) is 8.01. The molecule has 3 N–H and O–H groups in total. The highest BCUT2D eigenvalue weighted by molar-refractivity contribution is 7.94. The SMILES string of the molecule is Oc1cc(Nc2ncnc3ccc(-c4ccc(CNCCSF)o4)cc23)ccc1OCc1cccc(F)c1. The molecule has 0 aliphatic heterocycles. The second kappa shape index (κ2) is 11.9. The maximum absolute atomic E-state index is 13.4. The van der Waals surface area contributed by atoms with Gasteiger partial charge in [0, 0.05) is 47.1 Å². The molecule has 0 saturated heterocycles. The van der Waals surface area contributed by atoms with Gasteiger partial charge in [-0.05, 0) is 60.2 Å². The third-order valence-corrected chi connectivity index (χ3v) is 6.10. The lowest BCUT2D eigenvalue weighted by atomic mass is 10.1. The maximum Gasteiger partial charge on any atom is 0.161 e. The normalized spacial score (nSPS) is 11.1. The summed E-state index contributed by atoms with van der Waals surface area (Å²) >= 11 is 0.302. The highest BCUT2D eigenvalue weighted by Gasteiger charge is 2.11. The van der Waals surface area contributed by atoms with Gasteiger partial charge in [-0.15, -0.1) is 0 Å². The molecule has 2 heterocycles. The number of nitrogens with one attached hydrogen (secondary N) is 2. The molecule has 0 atom stereocenters. The van der Waals surface area contributed by atoms with Crippen molar-refractivity contribution in [3.05, 3.63) is 96.3 Å². The Balaban J connectivity index is 1.31. The van der Waals surface area contributed by atoms with Crippen molar-refractivity contribution in [2.45, 2.75) is 13.2 Å². The van der Waals surface area contributed by atoms with Crippen molar-refractivity contribution < 1.29 is 22.5 Å². The molecule has 0 aliphatic carbocycles. The second-order valence-electron chi connectivity index (χ2n) is 8.44. The Morgan fingerprint density at radius 2 is 1.92 bits per heavy atom. The number of phenols is 1. The van der Waals surface area contributed by atoms with E-state index in [-0.39, 0.29) is 23.9 Å². The molecule has 0 aliphatic rings. The number of ether oxygens (including phenoxy) is 1. The van der Waals surface area contributed by atoms with Gasteiger partial charge in [-0.2, -0.15) is 3.89 Å². The third kappa shape index (κ3) is 6.21. The molecule has 5 rings (SSSR count). The van der Waals surface area contributed by atoms with Crippen molar-refractivity contribution >= 4 is 34.6 Å². The topological polar surface area (TPSA) is 92.4 Å². The number of hydrogen-bond donors (Lipinski definition) is 3. The molecule has 0 amide bonds. The number of aromatic hydroxyl groups is 1. The second-order valence-corrected chi connectivity index (χ2v) is 9.06. The molecule has 7 nitrogen and oxygen atoms in total. The summed E-state index contributed by atoms with van der Waals surface area (Å²) in [4.78, 5) is 8.74. The summed E-state index contributed by atoms with van der Waals surface area (Å²) in [6.07, 6.45) is 1.47. The zero-order valence-corrected chi connectivity index (χ0v) is 21.0. The van der Waals surface area contributed by atoms with E-state index in [1.165, 1.54) is 24.5 Å². The van der Waals surface area contributed by atoms with Crippen molar-refractivity contribution in [1.82, 2.24) is 15.3 Å². The van der Waals surface area contributed by atoms with Crippen molar-refractivity contribution in [2.75, 3.05) is 17.6 Å². The van der Waals surface area contributed by atoms with Crippen molar-refractivity contribution in [3.63, 3.8) is 0 Å². The third-order valence-electron chi connectivity index (χ3n) is 5.74. The van der Waals surface area contributed by atoms with Crippen LogP contribution in [0.5, 0.6) is 11.5 Å². The van der Waals surface area contributed by atoms with E-state index in [0.29, 0.717) is 53.8 Å². The Morgan fingerprint density at radius 1 is 1.00 bits per heavy atom. The van der Waals surface area contributed by atoms with Crippen molar-refractivity contribution in [3.8, 4) is 22.8 Å². The number of fused-ring (bicyclic) bond motifs is 1. The monoisotopic (exact) mass is 534 g/mol. The van der Waals surface area contributed by atoms with Gasteiger partial charge in [0.05, 0.1) is 12.1 Å². The molecule has 38 heavy (non-hydrogen) atoms. The summed E-state index contributed by atoms with van der Waals surface area (Å²) < 4.78 is 37.2. The first kappa shape index (κ1) is 25.5. The quantitative estimate of drug-likeness (QED) is 0.160. The van der Waals surface area contributed by atoms with E-state index in [1.807, 2.05) is 30.3 Å². The van der Waals surface area contributed by atoms with Gasteiger partial charge < -0.3 is 24.9 Å². The van der Waals surface area contributed by atoms with Gasteiger partial charge in [0.25, 0.3) is 0 Å². The number of phenolic OH excluding ortho intramolecular Hbond substituents is 1. The number of aromatic nitrogens is 2. The molecule has 0 bridgehead atoms. The summed E-state index contributed by atoms with van der Waals surface area (Å²) in [6, 6.07) is 20.5. The first-order chi connectivity index (χ1) is 18.6. The van der Waals surface area contributed by atoms with Crippen LogP contribution in [0, 0.1) is 5.82 Å². The number of anilines is 2. The van der Waals surface area contributed by atoms with Gasteiger partial charge in [-0.1, -0.05) is 12.1 Å². The van der Waals surface area contributed by atoms with E-state index in [2.05, 4.69) is 20.6 Å². The molecule has 0 spiro atoms. The van der Waals surface area contributed by atoms with Gasteiger partial charge in [0.15, 0.2) is 11.5 Å². The number of benzene rings is 3. The maximum atomic E-state index is 13.4. The minimum absolute atomic E-state index is 0.0627. The Hall–Kier alpha value is -4.15. The zero-order chi connectivity index (χ0) is 26.3. The minimum atomic E-state index is -0.344. The standard InChI is InChI=1S/C28H24F2N4O3S/c29-20-3-1-2-18(12-20)16-36-27-8-5-21(14-25(27)35)34-28-23-13-19(4-7-24(23)32-17-33-28)26-9-6-22(37-26)15-31-10-11-38-30/h1-9,12-14,17,31,35H,10-11,15-16H2,(H,32,33,34). The molecule has 194 valence electrons. The predicted molar refractivity (Wildman–Crippen MR) is 145 cm³/mol. The van der Waals surface area contributed by atoms with Crippen LogP contribution in [-0.4, -0.2) is 27.4 Å². The molecule has 2 aromatic heterocycles. The summed E-state index contributed by atoms with van der Waals surface area (Å²) in [5.41, 5.74) is 2.85. The first-order valence-corrected chi connectivity index (χ1v) is 12.7. The molecule has 0 radical (unpaired) electrons. The van der Waals surface area contributed by atoms with Gasteiger partial charge in [0.2, 0.25) is 0 Å².